The van der Waals surface area contributed by atoms with Crippen molar-refractivity contribution in [2.45, 2.75) is 18.9 Å². The highest BCUT2D eigenvalue weighted by Gasteiger charge is 2.26. The van der Waals surface area contributed by atoms with Crippen molar-refractivity contribution in [3.05, 3.63) is 42.7 Å². The van der Waals surface area contributed by atoms with Crippen LogP contribution in [0.3, 0.4) is 0 Å². The summed E-state index contributed by atoms with van der Waals surface area (Å²) in [6.45, 7) is 4.74. The van der Waals surface area contributed by atoms with Crippen molar-refractivity contribution in [2.24, 2.45) is 0 Å². The van der Waals surface area contributed by atoms with E-state index in [-0.39, 0.29) is 12.1 Å². The van der Waals surface area contributed by atoms with Gasteiger partial charge in [0, 0.05) is 57.7 Å². The number of para-hydroxylation sites is 2. The normalized spacial score (nSPS) is 17.9. The molecule has 1 aromatic carbocycles. The first-order valence-electron chi connectivity index (χ1n) is 10.2. The van der Waals surface area contributed by atoms with E-state index >= 15 is 0 Å². The molecule has 0 atom stereocenters. The van der Waals surface area contributed by atoms with Crippen LogP contribution in [-0.4, -0.2) is 73.3 Å². The second-order valence-corrected chi connectivity index (χ2v) is 7.41. The summed E-state index contributed by atoms with van der Waals surface area (Å²) in [5.74, 6) is 1.64. The maximum atomic E-state index is 12.7. The van der Waals surface area contributed by atoms with Crippen LogP contribution in [0.1, 0.15) is 12.8 Å². The molecule has 2 amide bonds. The van der Waals surface area contributed by atoms with E-state index in [1.807, 2.05) is 29.2 Å². The minimum atomic E-state index is 0.0408. The molecule has 154 valence electrons. The summed E-state index contributed by atoms with van der Waals surface area (Å²) >= 11 is 0. The first-order valence-corrected chi connectivity index (χ1v) is 10.2. The van der Waals surface area contributed by atoms with Crippen LogP contribution in [-0.2, 0) is 0 Å². The zero-order valence-electron chi connectivity index (χ0n) is 16.8. The van der Waals surface area contributed by atoms with Gasteiger partial charge in [-0.15, -0.1) is 0 Å². The highest BCUT2D eigenvalue weighted by molar-refractivity contribution is 5.75. The van der Waals surface area contributed by atoms with Gasteiger partial charge in [0.2, 0.25) is 5.95 Å². The molecule has 2 saturated heterocycles. The third-order valence-corrected chi connectivity index (χ3v) is 5.65. The number of nitrogens with one attached hydrogen (secondary N) is 1. The van der Waals surface area contributed by atoms with Gasteiger partial charge >= 0.3 is 6.03 Å². The summed E-state index contributed by atoms with van der Waals surface area (Å²) in [4.78, 5) is 27.7. The van der Waals surface area contributed by atoms with Crippen LogP contribution in [0.15, 0.2) is 42.7 Å². The van der Waals surface area contributed by atoms with Crippen molar-refractivity contribution in [1.29, 1.82) is 0 Å². The molecule has 1 N–H and O–H groups in total. The number of urea groups is 1. The summed E-state index contributed by atoms with van der Waals surface area (Å²) in [6.07, 6.45) is 5.35. The highest BCUT2D eigenvalue weighted by Crippen LogP contribution is 2.28. The number of nitrogens with zero attached hydrogens (tertiary/aromatic N) is 5. The van der Waals surface area contributed by atoms with E-state index < -0.39 is 0 Å². The largest absolute Gasteiger partial charge is 0.495 e. The van der Waals surface area contributed by atoms with Gasteiger partial charge in [-0.2, -0.15) is 0 Å². The molecule has 0 spiro atoms. The summed E-state index contributed by atoms with van der Waals surface area (Å²) in [6, 6.07) is 10.1. The SMILES string of the molecule is COc1ccccc1N1CCN(C(=O)NC2CCN(c3ncccn3)CC2)CC1. The molecule has 0 saturated carbocycles. The number of hydrogen-bond donors (Lipinski definition) is 1. The molecule has 2 fully saturated rings. The molecule has 8 heteroatoms. The van der Waals surface area contributed by atoms with Gasteiger partial charge in [0.1, 0.15) is 5.75 Å². The molecular formula is C21H28N6O2. The number of hydrogen-bond acceptors (Lipinski definition) is 6. The van der Waals surface area contributed by atoms with Crippen LogP contribution >= 0.6 is 0 Å². The van der Waals surface area contributed by atoms with E-state index in [9.17, 15) is 4.79 Å². The molecule has 8 nitrogen and oxygen atoms in total. The summed E-state index contributed by atoms with van der Waals surface area (Å²) in [5.41, 5.74) is 1.09. The van der Waals surface area contributed by atoms with Crippen molar-refractivity contribution in [3.8, 4) is 5.75 Å². The predicted octanol–water partition coefficient (Wildman–Crippen LogP) is 1.99. The van der Waals surface area contributed by atoms with Gasteiger partial charge in [0.05, 0.1) is 12.8 Å². The molecule has 0 unspecified atom stereocenters. The van der Waals surface area contributed by atoms with Gasteiger partial charge in [-0.05, 0) is 31.0 Å². The fourth-order valence-corrected chi connectivity index (χ4v) is 3.99. The fraction of sp³-hybridized carbons (Fsp3) is 0.476. The Morgan fingerprint density at radius 3 is 2.34 bits per heavy atom. The zero-order chi connectivity index (χ0) is 20.1. The van der Waals surface area contributed by atoms with Crippen molar-refractivity contribution in [3.63, 3.8) is 0 Å². The van der Waals surface area contributed by atoms with Crippen molar-refractivity contribution in [2.75, 3.05) is 56.2 Å². The lowest BCUT2D eigenvalue weighted by Crippen LogP contribution is -2.55. The summed E-state index contributed by atoms with van der Waals surface area (Å²) < 4.78 is 5.47. The third kappa shape index (κ3) is 4.52. The number of carbonyl (C=O) groups is 1. The fourth-order valence-electron chi connectivity index (χ4n) is 3.99. The molecule has 3 heterocycles. The zero-order valence-corrected chi connectivity index (χ0v) is 16.8. The quantitative estimate of drug-likeness (QED) is 0.852. The summed E-state index contributed by atoms with van der Waals surface area (Å²) in [5, 5.41) is 3.21. The van der Waals surface area contributed by atoms with Crippen molar-refractivity contribution >= 4 is 17.7 Å². The van der Waals surface area contributed by atoms with E-state index in [4.69, 9.17) is 4.74 Å². The molecule has 0 radical (unpaired) electrons. The first-order chi connectivity index (χ1) is 14.2. The molecule has 2 aliphatic rings. The number of aromatic nitrogens is 2. The number of benzene rings is 1. The number of ether oxygens (including phenoxy) is 1. The molecule has 2 aromatic rings. The second kappa shape index (κ2) is 8.98. The minimum absolute atomic E-state index is 0.0408. The lowest BCUT2D eigenvalue weighted by molar-refractivity contribution is 0.188. The predicted molar refractivity (Wildman–Crippen MR) is 113 cm³/mol. The number of piperazine rings is 1. The smallest absolute Gasteiger partial charge is 0.317 e. The number of methoxy groups -OCH3 is 1. The van der Waals surface area contributed by atoms with Gasteiger partial charge in [0.25, 0.3) is 0 Å². The van der Waals surface area contributed by atoms with E-state index in [2.05, 4.69) is 31.2 Å². The molecule has 4 rings (SSSR count). The second-order valence-electron chi connectivity index (χ2n) is 7.41. The van der Waals surface area contributed by atoms with Crippen LogP contribution in [0, 0.1) is 0 Å². The molecule has 1 aromatic heterocycles. The number of amides is 2. The average Bonchev–Trinajstić information content (AvgIpc) is 2.80. The molecule has 2 aliphatic heterocycles. The number of piperidine rings is 1. The van der Waals surface area contributed by atoms with Crippen LogP contribution < -0.4 is 19.9 Å². The van der Waals surface area contributed by atoms with E-state index in [0.717, 1.165) is 56.4 Å². The van der Waals surface area contributed by atoms with E-state index in [0.29, 0.717) is 13.1 Å². The number of rotatable bonds is 4. The van der Waals surface area contributed by atoms with Crippen LogP contribution in [0.5, 0.6) is 5.75 Å². The maximum absolute atomic E-state index is 12.7. The van der Waals surface area contributed by atoms with Crippen molar-refractivity contribution < 1.29 is 9.53 Å². The third-order valence-electron chi connectivity index (χ3n) is 5.65. The number of carbonyl (C=O) groups excluding carboxylic acids is 1. The minimum Gasteiger partial charge on any atom is -0.495 e. The van der Waals surface area contributed by atoms with Crippen molar-refractivity contribution in [1.82, 2.24) is 20.2 Å². The lowest BCUT2D eigenvalue weighted by atomic mass is 10.1. The standard InChI is InChI=1S/C21H28N6O2/c1-29-19-6-3-2-5-18(19)25-13-15-27(16-14-25)21(28)24-17-7-11-26(12-8-17)20-22-9-4-10-23-20/h2-6,9-10,17H,7-8,11-16H2,1H3,(H,24,28). The molecular weight excluding hydrogens is 368 g/mol. The Bertz CT molecular complexity index is 802. The van der Waals surface area contributed by atoms with E-state index in [1.54, 1.807) is 19.5 Å². The Balaban J connectivity index is 1.24. The Kier molecular flexibility index (Phi) is 5.97. The van der Waals surface area contributed by atoms with Gasteiger partial charge in [-0.25, -0.2) is 14.8 Å². The molecule has 0 bridgehead atoms. The Hall–Kier alpha value is -3.03. The lowest BCUT2D eigenvalue weighted by Gasteiger charge is -2.38. The topological polar surface area (TPSA) is 73.8 Å². The summed E-state index contributed by atoms with van der Waals surface area (Å²) in [7, 11) is 1.69. The average molecular weight is 396 g/mol. The van der Waals surface area contributed by atoms with Crippen LogP contribution in [0.2, 0.25) is 0 Å². The van der Waals surface area contributed by atoms with Gasteiger partial charge < -0.3 is 24.8 Å². The Labute approximate surface area is 171 Å². The number of anilines is 2. The van der Waals surface area contributed by atoms with Gasteiger partial charge in [-0.1, -0.05) is 12.1 Å². The maximum Gasteiger partial charge on any atom is 0.317 e. The highest BCUT2D eigenvalue weighted by atomic mass is 16.5. The Morgan fingerprint density at radius 1 is 0.966 bits per heavy atom. The van der Waals surface area contributed by atoms with E-state index in [1.165, 1.54) is 0 Å². The molecule has 0 aliphatic carbocycles. The van der Waals surface area contributed by atoms with Crippen LogP contribution in [0.4, 0.5) is 16.4 Å². The van der Waals surface area contributed by atoms with Gasteiger partial charge in [0.15, 0.2) is 0 Å². The van der Waals surface area contributed by atoms with Crippen LogP contribution in [0.25, 0.3) is 0 Å². The monoisotopic (exact) mass is 396 g/mol. The first kappa shape index (κ1) is 19.3. The Morgan fingerprint density at radius 2 is 1.66 bits per heavy atom. The molecule has 29 heavy (non-hydrogen) atoms. The van der Waals surface area contributed by atoms with Gasteiger partial charge in [-0.3, -0.25) is 0 Å².